The van der Waals surface area contributed by atoms with E-state index >= 15 is 0 Å². The minimum atomic E-state index is -0.0475. The molecule has 0 saturated heterocycles. The highest BCUT2D eigenvalue weighted by molar-refractivity contribution is 6.19. The zero-order valence-corrected chi connectivity index (χ0v) is 7.87. The van der Waals surface area contributed by atoms with Crippen LogP contribution in [-0.4, -0.2) is 13.0 Å². The van der Waals surface area contributed by atoms with Gasteiger partial charge in [-0.1, -0.05) is 36.4 Å². The third kappa shape index (κ3) is 2.18. The number of likely N-dealkylation sites (N-methyl/N-ethyl adjacent to an activating group) is 1. The van der Waals surface area contributed by atoms with Gasteiger partial charge in [0, 0.05) is 12.6 Å². The molecule has 1 aromatic rings. The van der Waals surface area contributed by atoms with Gasteiger partial charge >= 0.3 is 0 Å². The number of nitrogens with one attached hydrogen (secondary N) is 1. The van der Waals surface area contributed by atoms with Crippen molar-refractivity contribution in [1.29, 1.82) is 0 Å². The van der Waals surface area contributed by atoms with Gasteiger partial charge in [-0.25, -0.2) is 0 Å². The van der Waals surface area contributed by atoms with Crippen LogP contribution in [-0.2, 0) is 4.79 Å². The Hall–Kier alpha value is -1.57. The Morgan fingerprint density at radius 2 is 1.92 bits per heavy atom. The molecule has 0 aliphatic carbocycles. The molecule has 1 aromatic carbocycles. The molecule has 68 valence electrons. The fraction of sp³-hybridized carbons (Fsp3) is 0.182. The monoisotopic (exact) mass is 175 g/mol. The van der Waals surface area contributed by atoms with Crippen molar-refractivity contribution in [3.8, 4) is 0 Å². The molecule has 0 atom stereocenters. The molecule has 0 aromatic heterocycles. The molecule has 2 nitrogen and oxygen atoms in total. The van der Waals surface area contributed by atoms with Gasteiger partial charge in [-0.15, -0.1) is 0 Å². The highest BCUT2D eigenvalue weighted by Gasteiger charge is 2.07. The van der Waals surface area contributed by atoms with E-state index in [4.69, 9.17) is 0 Å². The lowest BCUT2D eigenvalue weighted by molar-refractivity contribution is -0.115. The van der Waals surface area contributed by atoms with Crippen LogP contribution in [0.1, 0.15) is 12.5 Å². The first-order valence-corrected chi connectivity index (χ1v) is 4.23. The summed E-state index contributed by atoms with van der Waals surface area (Å²) in [5, 5.41) is 2.61. The van der Waals surface area contributed by atoms with Crippen molar-refractivity contribution < 1.29 is 4.79 Å². The van der Waals surface area contributed by atoms with Gasteiger partial charge in [-0.3, -0.25) is 4.79 Å². The summed E-state index contributed by atoms with van der Waals surface area (Å²) in [5.41, 5.74) is 1.66. The van der Waals surface area contributed by atoms with E-state index in [1.165, 1.54) is 0 Å². The number of hydrogen-bond donors (Lipinski definition) is 1. The number of hydrogen-bond acceptors (Lipinski definition) is 1. The Kier molecular flexibility index (Phi) is 3.26. The summed E-state index contributed by atoms with van der Waals surface area (Å²) in [6, 6.07) is 9.61. The molecule has 0 unspecified atom stereocenters. The lowest BCUT2D eigenvalue weighted by atomic mass is 10.1. The molecule has 1 rings (SSSR count). The maximum atomic E-state index is 11.4. The molecule has 13 heavy (non-hydrogen) atoms. The SMILES string of the molecule is CC=C(C(=O)NC)c1ccccc1. The van der Waals surface area contributed by atoms with Gasteiger partial charge in [0.05, 0.1) is 0 Å². The molecule has 0 radical (unpaired) electrons. The number of amides is 1. The van der Waals surface area contributed by atoms with E-state index in [9.17, 15) is 4.79 Å². The van der Waals surface area contributed by atoms with Crippen LogP contribution in [0.15, 0.2) is 36.4 Å². The Morgan fingerprint density at radius 3 is 2.38 bits per heavy atom. The van der Waals surface area contributed by atoms with Crippen molar-refractivity contribution in [1.82, 2.24) is 5.32 Å². The average molecular weight is 175 g/mol. The zero-order valence-electron chi connectivity index (χ0n) is 7.87. The minimum absolute atomic E-state index is 0.0475. The second-order valence-electron chi connectivity index (χ2n) is 2.65. The van der Waals surface area contributed by atoms with Crippen molar-refractivity contribution >= 4 is 11.5 Å². The maximum absolute atomic E-state index is 11.4. The Labute approximate surface area is 78.3 Å². The van der Waals surface area contributed by atoms with E-state index in [0.717, 1.165) is 5.56 Å². The minimum Gasteiger partial charge on any atom is -0.355 e. The van der Waals surface area contributed by atoms with Gasteiger partial charge in [0.2, 0.25) is 0 Å². The molecule has 2 heteroatoms. The third-order valence-corrected chi connectivity index (χ3v) is 1.85. The summed E-state index contributed by atoms with van der Waals surface area (Å²) in [5.74, 6) is -0.0475. The van der Waals surface area contributed by atoms with Gasteiger partial charge in [0.1, 0.15) is 0 Å². The van der Waals surface area contributed by atoms with Crippen molar-refractivity contribution in [3.63, 3.8) is 0 Å². The van der Waals surface area contributed by atoms with E-state index in [2.05, 4.69) is 5.32 Å². The molecule has 0 aliphatic rings. The first-order valence-electron chi connectivity index (χ1n) is 4.23. The van der Waals surface area contributed by atoms with Crippen molar-refractivity contribution in [2.45, 2.75) is 6.92 Å². The average Bonchev–Trinajstić information content (AvgIpc) is 2.20. The first-order chi connectivity index (χ1) is 6.29. The third-order valence-electron chi connectivity index (χ3n) is 1.85. The van der Waals surface area contributed by atoms with Crippen LogP contribution in [0.3, 0.4) is 0 Å². The van der Waals surface area contributed by atoms with Gasteiger partial charge in [0.15, 0.2) is 0 Å². The van der Waals surface area contributed by atoms with Crippen LogP contribution in [0.5, 0.6) is 0 Å². The molecule has 0 bridgehead atoms. The van der Waals surface area contributed by atoms with E-state index in [-0.39, 0.29) is 5.91 Å². The summed E-state index contributed by atoms with van der Waals surface area (Å²) in [7, 11) is 1.63. The summed E-state index contributed by atoms with van der Waals surface area (Å²) < 4.78 is 0. The zero-order chi connectivity index (χ0) is 9.68. The second-order valence-corrected chi connectivity index (χ2v) is 2.65. The Bertz CT molecular complexity index is 314. The van der Waals surface area contributed by atoms with E-state index in [1.807, 2.05) is 43.3 Å². The molecule has 0 aliphatic heterocycles. The Balaban J connectivity index is 3.00. The van der Waals surface area contributed by atoms with Gasteiger partial charge in [0.25, 0.3) is 5.91 Å². The summed E-state index contributed by atoms with van der Waals surface area (Å²) in [6.45, 7) is 1.86. The number of carbonyl (C=O) groups is 1. The van der Waals surface area contributed by atoms with Crippen molar-refractivity contribution in [3.05, 3.63) is 42.0 Å². The van der Waals surface area contributed by atoms with Crippen LogP contribution in [0.2, 0.25) is 0 Å². The van der Waals surface area contributed by atoms with Crippen LogP contribution in [0.4, 0.5) is 0 Å². The van der Waals surface area contributed by atoms with Crippen LogP contribution >= 0.6 is 0 Å². The smallest absolute Gasteiger partial charge is 0.251 e. The second kappa shape index (κ2) is 4.45. The number of allylic oxidation sites excluding steroid dienone is 1. The topological polar surface area (TPSA) is 29.1 Å². The van der Waals surface area contributed by atoms with Crippen LogP contribution in [0.25, 0.3) is 5.57 Å². The normalized spacial score (nSPS) is 11.1. The molecule has 0 saturated carbocycles. The molecular formula is C11H13NO. The van der Waals surface area contributed by atoms with Crippen LogP contribution < -0.4 is 5.32 Å². The Morgan fingerprint density at radius 1 is 1.31 bits per heavy atom. The summed E-state index contributed by atoms with van der Waals surface area (Å²) in [6.07, 6.45) is 1.81. The fourth-order valence-electron chi connectivity index (χ4n) is 1.18. The molecule has 1 amide bonds. The number of carbonyl (C=O) groups excluding carboxylic acids is 1. The fourth-order valence-corrected chi connectivity index (χ4v) is 1.18. The molecule has 0 heterocycles. The molecule has 0 fully saturated rings. The lowest BCUT2D eigenvalue weighted by Crippen LogP contribution is -2.18. The van der Waals surface area contributed by atoms with E-state index < -0.39 is 0 Å². The highest BCUT2D eigenvalue weighted by atomic mass is 16.1. The number of rotatable bonds is 2. The van der Waals surface area contributed by atoms with E-state index in [0.29, 0.717) is 5.57 Å². The predicted octanol–water partition coefficient (Wildman–Crippen LogP) is 1.84. The van der Waals surface area contributed by atoms with Gasteiger partial charge < -0.3 is 5.32 Å². The first kappa shape index (κ1) is 9.52. The summed E-state index contributed by atoms with van der Waals surface area (Å²) >= 11 is 0. The maximum Gasteiger partial charge on any atom is 0.251 e. The largest absolute Gasteiger partial charge is 0.355 e. The molecule has 1 N–H and O–H groups in total. The molecular weight excluding hydrogens is 162 g/mol. The van der Waals surface area contributed by atoms with Gasteiger partial charge in [-0.05, 0) is 12.5 Å². The predicted molar refractivity (Wildman–Crippen MR) is 54.2 cm³/mol. The summed E-state index contributed by atoms with van der Waals surface area (Å²) in [4.78, 5) is 11.4. The molecule has 0 spiro atoms. The van der Waals surface area contributed by atoms with Crippen molar-refractivity contribution in [2.24, 2.45) is 0 Å². The van der Waals surface area contributed by atoms with Crippen LogP contribution in [0, 0.1) is 0 Å². The van der Waals surface area contributed by atoms with Gasteiger partial charge in [-0.2, -0.15) is 0 Å². The van der Waals surface area contributed by atoms with E-state index in [1.54, 1.807) is 7.05 Å². The lowest BCUT2D eigenvalue weighted by Gasteiger charge is -2.04. The number of benzene rings is 1. The quantitative estimate of drug-likeness (QED) is 0.683. The highest BCUT2D eigenvalue weighted by Crippen LogP contribution is 2.13. The van der Waals surface area contributed by atoms with Crippen molar-refractivity contribution in [2.75, 3.05) is 7.05 Å². The standard InChI is InChI=1S/C11H13NO/c1-3-10(11(13)12-2)9-7-5-4-6-8-9/h3-8H,1-2H3,(H,12,13).